The summed E-state index contributed by atoms with van der Waals surface area (Å²) in [6.07, 6.45) is 3.18. The zero-order chi connectivity index (χ0) is 23.0. The molecule has 0 spiro atoms. The summed E-state index contributed by atoms with van der Waals surface area (Å²) in [5, 5.41) is 6.17. The van der Waals surface area contributed by atoms with Crippen LogP contribution in [0.1, 0.15) is 45.1 Å². The minimum absolute atomic E-state index is 0.0613. The number of allylic oxidation sites excluding steroid dienone is 3. The monoisotopic (exact) mass is 450 g/mol. The third-order valence-corrected chi connectivity index (χ3v) is 6.76. The van der Waals surface area contributed by atoms with Gasteiger partial charge in [0.05, 0.1) is 0 Å². The number of thioether (sulfide) groups is 1. The van der Waals surface area contributed by atoms with E-state index in [0.29, 0.717) is 29.0 Å². The van der Waals surface area contributed by atoms with Crippen LogP contribution in [0, 0.1) is 11.2 Å². The molecule has 2 aromatic carbocycles. The molecule has 0 bridgehead atoms. The van der Waals surface area contributed by atoms with Crippen LogP contribution in [0.4, 0.5) is 10.1 Å². The number of rotatable bonds is 4. The molecule has 0 aromatic heterocycles. The lowest BCUT2D eigenvalue weighted by atomic mass is 9.68. The van der Waals surface area contributed by atoms with Crippen LogP contribution in [0.25, 0.3) is 0 Å². The summed E-state index contributed by atoms with van der Waals surface area (Å²) < 4.78 is 13.7. The lowest BCUT2D eigenvalue weighted by Gasteiger charge is -2.39. The molecule has 1 atom stereocenters. The number of nitrogens with one attached hydrogen (secondary N) is 2. The van der Waals surface area contributed by atoms with E-state index in [9.17, 15) is 14.0 Å². The van der Waals surface area contributed by atoms with E-state index in [1.807, 2.05) is 37.4 Å². The van der Waals surface area contributed by atoms with E-state index in [1.165, 1.54) is 12.1 Å². The number of ketones is 1. The highest BCUT2D eigenvalue weighted by molar-refractivity contribution is 7.98. The van der Waals surface area contributed by atoms with Gasteiger partial charge in [-0.2, -0.15) is 0 Å². The Labute approximate surface area is 192 Å². The average Bonchev–Trinajstić information content (AvgIpc) is 2.71. The maximum Gasteiger partial charge on any atom is 0.254 e. The fourth-order valence-corrected chi connectivity index (χ4v) is 5.04. The van der Waals surface area contributed by atoms with Crippen molar-refractivity contribution in [1.82, 2.24) is 5.32 Å². The molecule has 0 radical (unpaired) electrons. The number of carbonyl (C=O) groups excluding carboxylic acids is 2. The summed E-state index contributed by atoms with van der Waals surface area (Å²) in [6.45, 7) is 6.04. The van der Waals surface area contributed by atoms with Gasteiger partial charge in [-0.1, -0.05) is 32.0 Å². The summed E-state index contributed by atoms with van der Waals surface area (Å²) in [5.74, 6) is -1.18. The number of Topliss-reactive ketones (excluding diaryl/α,β-unsaturated/α-hetero) is 1. The van der Waals surface area contributed by atoms with E-state index < -0.39 is 11.7 Å². The van der Waals surface area contributed by atoms with Gasteiger partial charge in [0, 0.05) is 45.5 Å². The van der Waals surface area contributed by atoms with Crippen LogP contribution in [-0.4, -0.2) is 17.9 Å². The maximum atomic E-state index is 13.7. The van der Waals surface area contributed by atoms with Crippen molar-refractivity contribution in [2.45, 2.75) is 44.4 Å². The van der Waals surface area contributed by atoms with Crippen molar-refractivity contribution < 1.29 is 14.0 Å². The molecular formula is C26H27FN2O2S. The molecule has 2 aliphatic rings. The third-order valence-electron chi connectivity index (χ3n) is 6.02. The Bertz CT molecular complexity index is 1150. The van der Waals surface area contributed by atoms with Crippen molar-refractivity contribution in [3.63, 3.8) is 0 Å². The lowest BCUT2D eigenvalue weighted by Crippen LogP contribution is -2.39. The van der Waals surface area contributed by atoms with Crippen LogP contribution in [0.3, 0.4) is 0 Å². The molecule has 2 aromatic rings. The topological polar surface area (TPSA) is 58.2 Å². The standard InChI is InChI=1S/C26H27FN2O2S/c1-15-22(25(31)29-18-7-5-6-17(27)12-18)23(16-8-10-19(32-4)11-9-16)24-20(28-15)13-26(2,3)14-21(24)30/h5-12,23,28H,13-14H2,1-4H3,(H,29,31)/t23-/m0/s1. The van der Waals surface area contributed by atoms with Crippen LogP contribution in [-0.2, 0) is 9.59 Å². The minimum Gasteiger partial charge on any atom is -0.362 e. The van der Waals surface area contributed by atoms with Gasteiger partial charge in [-0.25, -0.2) is 4.39 Å². The second-order valence-corrected chi connectivity index (χ2v) is 10.0. The van der Waals surface area contributed by atoms with Gasteiger partial charge < -0.3 is 10.6 Å². The molecule has 0 unspecified atom stereocenters. The Morgan fingerprint density at radius 1 is 1.16 bits per heavy atom. The number of anilines is 1. The van der Waals surface area contributed by atoms with Gasteiger partial charge in [0.2, 0.25) is 0 Å². The molecule has 166 valence electrons. The molecule has 1 aliphatic heterocycles. The highest BCUT2D eigenvalue weighted by Crippen LogP contribution is 2.46. The summed E-state index contributed by atoms with van der Waals surface area (Å²) >= 11 is 1.64. The highest BCUT2D eigenvalue weighted by atomic mass is 32.2. The van der Waals surface area contributed by atoms with Gasteiger partial charge in [-0.15, -0.1) is 11.8 Å². The van der Waals surface area contributed by atoms with Crippen LogP contribution < -0.4 is 10.6 Å². The van der Waals surface area contributed by atoms with E-state index in [2.05, 4.69) is 24.5 Å². The average molecular weight is 451 g/mol. The third kappa shape index (κ3) is 4.37. The molecule has 1 amide bonds. The fourth-order valence-electron chi connectivity index (χ4n) is 4.63. The second kappa shape index (κ2) is 8.58. The molecule has 6 heteroatoms. The van der Waals surface area contributed by atoms with E-state index in [-0.39, 0.29) is 17.1 Å². The summed E-state index contributed by atoms with van der Waals surface area (Å²) in [7, 11) is 0. The van der Waals surface area contributed by atoms with Gasteiger partial charge in [0.1, 0.15) is 5.82 Å². The van der Waals surface area contributed by atoms with Crippen LogP contribution in [0.2, 0.25) is 0 Å². The first kappa shape index (κ1) is 22.3. The van der Waals surface area contributed by atoms with Crippen LogP contribution >= 0.6 is 11.8 Å². The van der Waals surface area contributed by atoms with Crippen molar-refractivity contribution in [1.29, 1.82) is 0 Å². The normalized spacial score (nSPS) is 20.0. The SMILES string of the molecule is CSc1ccc([C@H]2C(C(=O)Nc3cccc(F)c3)=C(C)NC3=C2C(=O)CC(C)(C)C3)cc1. The molecule has 4 rings (SSSR count). The van der Waals surface area contributed by atoms with Crippen molar-refractivity contribution in [2.24, 2.45) is 5.41 Å². The largest absolute Gasteiger partial charge is 0.362 e. The molecule has 0 fully saturated rings. The summed E-state index contributed by atoms with van der Waals surface area (Å²) in [6, 6.07) is 13.8. The molecule has 1 aliphatic carbocycles. The highest BCUT2D eigenvalue weighted by Gasteiger charge is 2.42. The second-order valence-electron chi connectivity index (χ2n) is 9.17. The Morgan fingerprint density at radius 2 is 1.88 bits per heavy atom. The number of carbonyl (C=O) groups is 2. The van der Waals surface area contributed by atoms with Crippen molar-refractivity contribution in [3.05, 3.63) is 82.5 Å². The Kier molecular flexibility index (Phi) is 5.99. The molecular weight excluding hydrogens is 423 g/mol. The van der Waals surface area contributed by atoms with Crippen molar-refractivity contribution in [2.75, 3.05) is 11.6 Å². The predicted molar refractivity (Wildman–Crippen MR) is 127 cm³/mol. The molecule has 0 saturated heterocycles. The number of dihydropyridines is 1. The molecule has 0 saturated carbocycles. The van der Waals surface area contributed by atoms with Crippen LogP contribution in [0.15, 0.2) is 76.0 Å². The smallest absolute Gasteiger partial charge is 0.254 e. The summed E-state index contributed by atoms with van der Waals surface area (Å²) in [5.41, 5.74) is 3.88. The number of hydrogen-bond acceptors (Lipinski definition) is 4. The number of hydrogen-bond donors (Lipinski definition) is 2. The molecule has 2 N–H and O–H groups in total. The Hall–Kier alpha value is -2.86. The molecule has 4 nitrogen and oxygen atoms in total. The van der Waals surface area contributed by atoms with Crippen LogP contribution in [0.5, 0.6) is 0 Å². The lowest BCUT2D eigenvalue weighted by molar-refractivity contribution is -0.118. The van der Waals surface area contributed by atoms with Crippen molar-refractivity contribution in [3.8, 4) is 0 Å². The fraction of sp³-hybridized carbons (Fsp3) is 0.308. The zero-order valence-electron chi connectivity index (χ0n) is 18.7. The van der Waals surface area contributed by atoms with Gasteiger partial charge >= 0.3 is 0 Å². The maximum absolute atomic E-state index is 13.7. The van der Waals surface area contributed by atoms with Gasteiger partial charge in [0.15, 0.2) is 5.78 Å². The van der Waals surface area contributed by atoms with Gasteiger partial charge in [0.25, 0.3) is 5.91 Å². The Balaban J connectivity index is 1.80. The predicted octanol–water partition coefficient (Wildman–Crippen LogP) is 5.79. The number of halogens is 1. The van der Waals surface area contributed by atoms with E-state index in [0.717, 1.165) is 22.6 Å². The first-order valence-electron chi connectivity index (χ1n) is 10.6. The zero-order valence-corrected chi connectivity index (χ0v) is 19.5. The molecule has 32 heavy (non-hydrogen) atoms. The van der Waals surface area contributed by atoms with Gasteiger partial charge in [-0.05, 0) is 60.9 Å². The van der Waals surface area contributed by atoms with Crippen molar-refractivity contribution >= 4 is 29.1 Å². The first-order valence-corrected chi connectivity index (χ1v) is 11.9. The van der Waals surface area contributed by atoms with E-state index in [4.69, 9.17) is 0 Å². The minimum atomic E-state index is -0.473. The van der Waals surface area contributed by atoms with Gasteiger partial charge in [-0.3, -0.25) is 9.59 Å². The summed E-state index contributed by atoms with van der Waals surface area (Å²) in [4.78, 5) is 27.9. The quantitative estimate of drug-likeness (QED) is 0.579. The number of benzene rings is 2. The van der Waals surface area contributed by atoms with E-state index in [1.54, 1.807) is 23.9 Å². The van der Waals surface area contributed by atoms with E-state index >= 15 is 0 Å². The molecule has 1 heterocycles. The first-order chi connectivity index (χ1) is 15.2. The number of amides is 1. The Morgan fingerprint density at radius 3 is 2.53 bits per heavy atom.